The Hall–Kier alpha value is -5.75. The van der Waals surface area contributed by atoms with Gasteiger partial charge in [0.2, 0.25) is 0 Å². The van der Waals surface area contributed by atoms with Crippen molar-refractivity contribution in [3.8, 4) is 28.6 Å². The van der Waals surface area contributed by atoms with Crippen LogP contribution >= 0.6 is 0 Å². The molecule has 0 saturated heterocycles. The summed E-state index contributed by atoms with van der Waals surface area (Å²) in [6.45, 7) is 4.49. The molecule has 9 rings (SSSR count). The molecule has 0 N–H and O–H groups in total. The van der Waals surface area contributed by atoms with Gasteiger partial charge in [-0.05, 0) is 65.7 Å². The van der Waals surface area contributed by atoms with Crippen molar-refractivity contribution in [1.29, 1.82) is 0 Å². The monoisotopic (exact) mass is 614 g/mol. The summed E-state index contributed by atoms with van der Waals surface area (Å²) in [6, 6.07) is 40.0. The van der Waals surface area contributed by atoms with Crippen molar-refractivity contribution in [1.82, 2.24) is 19.1 Å². The first kappa shape index (κ1) is 27.6. The molecule has 1 aliphatic rings. The third-order valence-corrected chi connectivity index (χ3v) is 9.73. The van der Waals surface area contributed by atoms with E-state index in [-0.39, 0.29) is 5.41 Å². The summed E-state index contributed by atoms with van der Waals surface area (Å²) < 4.78 is 27.2. The smallest absolute Gasteiger partial charge is 0.150 e. The largest absolute Gasteiger partial charge is 0.457 e. The van der Waals surface area contributed by atoms with Crippen LogP contribution in [0.4, 0.5) is 4.39 Å². The third-order valence-electron chi connectivity index (χ3n) is 9.73. The van der Waals surface area contributed by atoms with Gasteiger partial charge in [0, 0.05) is 57.9 Å². The van der Waals surface area contributed by atoms with E-state index in [0.717, 1.165) is 72.7 Å². The van der Waals surface area contributed by atoms with Crippen LogP contribution in [-0.2, 0) is 12.5 Å². The predicted molar refractivity (Wildman–Crippen MR) is 186 cm³/mol. The number of pyridine rings is 1. The van der Waals surface area contributed by atoms with E-state index in [1.165, 1.54) is 0 Å². The summed E-state index contributed by atoms with van der Waals surface area (Å²) >= 11 is 0. The van der Waals surface area contributed by atoms with E-state index in [9.17, 15) is 0 Å². The second kappa shape index (κ2) is 10.1. The van der Waals surface area contributed by atoms with Crippen LogP contribution in [0.1, 0.15) is 42.3 Å². The molecule has 0 saturated carbocycles. The van der Waals surface area contributed by atoms with E-state index in [2.05, 4.69) is 53.3 Å². The Balaban J connectivity index is 1.16. The normalized spacial score (nSPS) is 14.2. The summed E-state index contributed by atoms with van der Waals surface area (Å²) in [5, 5.41) is 2.12. The number of ether oxygens (including phenoxy) is 1. The molecule has 0 radical (unpaired) electrons. The summed E-state index contributed by atoms with van der Waals surface area (Å²) in [5.41, 5.74) is 8.64. The van der Waals surface area contributed by atoms with Crippen molar-refractivity contribution in [3.05, 3.63) is 150 Å². The van der Waals surface area contributed by atoms with Gasteiger partial charge in [-0.2, -0.15) is 0 Å². The molecule has 47 heavy (non-hydrogen) atoms. The molecule has 4 heterocycles. The Labute approximate surface area is 271 Å². The van der Waals surface area contributed by atoms with Crippen LogP contribution in [0.15, 0.2) is 128 Å². The minimum absolute atomic E-state index is 0.243. The highest BCUT2D eigenvalue weighted by atomic mass is 19.1. The highest BCUT2D eigenvalue weighted by Crippen LogP contribution is 2.50. The number of rotatable bonds is 4. The summed E-state index contributed by atoms with van der Waals surface area (Å²) in [5.74, 6) is 2.50. The van der Waals surface area contributed by atoms with Gasteiger partial charge in [0.05, 0.1) is 16.6 Å². The number of benzene rings is 5. The van der Waals surface area contributed by atoms with Crippen LogP contribution in [0.3, 0.4) is 0 Å². The molecular formula is C41H31FN4O. The van der Waals surface area contributed by atoms with Gasteiger partial charge in [0.25, 0.3) is 0 Å². The van der Waals surface area contributed by atoms with Gasteiger partial charge in [0.1, 0.15) is 23.0 Å². The fourth-order valence-electron chi connectivity index (χ4n) is 7.29. The fourth-order valence-corrected chi connectivity index (χ4v) is 7.29. The summed E-state index contributed by atoms with van der Waals surface area (Å²) in [6.07, 6.45) is 0.474. The van der Waals surface area contributed by atoms with Crippen molar-refractivity contribution in [2.24, 2.45) is 7.05 Å². The number of alkyl halides is 1. The van der Waals surface area contributed by atoms with E-state index in [4.69, 9.17) is 14.7 Å². The quantitative estimate of drug-likeness (QED) is 0.198. The van der Waals surface area contributed by atoms with E-state index < -0.39 is 6.17 Å². The van der Waals surface area contributed by atoms with Gasteiger partial charge >= 0.3 is 0 Å². The highest BCUT2D eigenvalue weighted by molar-refractivity contribution is 6.09. The molecule has 6 heteroatoms. The molecule has 3 aromatic heterocycles. The maximum absolute atomic E-state index is 16.5. The minimum Gasteiger partial charge on any atom is -0.457 e. The van der Waals surface area contributed by atoms with Gasteiger partial charge in [0.15, 0.2) is 6.17 Å². The van der Waals surface area contributed by atoms with Crippen LogP contribution in [0.25, 0.3) is 50.0 Å². The van der Waals surface area contributed by atoms with Crippen molar-refractivity contribution in [2.75, 3.05) is 0 Å². The molecule has 228 valence electrons. The maximum atomic E-state index is 16.5. The number of para-hydroxylation sites is 3. The molecular weight excluding hydrogens is 583 g/mol. The second-order valence-corrected chi connectivity index (χ2v) is 12.9. The van der Waals surface area contributed by atoms with Crippen molar-refractivity contribution < 1.29 is 9.13 Å². The lowest BCUT2D eigenvalue weighted by molar-refractivity contribution is 0.402. The van der Waals surface area contributed by atoms with Crippen LogP contribution < -0.4 is 4.74 Å². The maximum Gasteiger partial charge on any atom is 0.150 e. The van der Waals surface area contributed by atoms with E-state index in [1.807, 2.05) is 104 Å². The molecule has 5 nitrogen and oxygen atoms in total. The molecule has 0 spiro atoms. The first-order chi connectivity index (χ1) is 22.9. The Morgan fingerprint density at radius 3 is 2.36 bits per heavy atom. The van der Waals surface area contributed by atoms with Crippen molar-refractivity contribution in [2.45, 2.75) is 25.4 Å². The molecule has 0 aliphatic carbocycles. The molecule has 0 bridgehead atoms. The molecule has 8 aromatic rings. The standard InChI is InChI=1S/C41H31FN4O/c1-41(2)31-16-4-7-19-36(31)47-37-24-35-30(23-32(37)41)29-15-10-20-43-40(29)46(35)28-14-9-12-26(22-28)38(42)25-11-8-13-27(21-25)39-44-33-17-5-6-18-34(33)45(39)3/h4-24,38H,1-3H3. The van der Waals surface area contributed by atoms with Gasteiger partial charge in [-0.15, -0.1) is 0 Å². The molecule has 0 fully saturated rings. The number of nitrogens with zero attached hydrogens (tertiary/aromatic N) is 4. The SMILES string of the molecule is Cn1c(-c2cccc(C(F)c3cccc(-n4c5cc6c(cc5c5cccnc54)C(C)(C)c4ccccc4O6)c3)c2)nc2ccccc21. The minimum atomic E-state index is -1.33. The number of fused-ring (bicyclic) bond motifs is 6. The molecule has 0 amide bonds. The lowest BCUT2D eigenvalue weighted by atomic mass is 9.75. The molecule has 5 aromatic carbocycles. The van der Waals surface area contributed by atoms with Crippen LogP contribution in [0.2, 0.25) is 0 Å². The average molecular weight is 615 g/mol. The van der Waals surface area contributed by atoms with Crippen LogP contribution in [0, 0.1) is 0 Å². The average Bonchev–Trinajstić information content (AvgIpc) is 3.61. The Kier molecular flexibility index (Phi) is 5.94. The van der Waals surface area contributed by atoms with Gasteiger partial charge in [-0.25, -0.2) is 14.4 Å². The number of aromatic nitrogens is 4. The zero-order chi connectivity index (χ0) is 31.9. The number of hydrogen-bond acceptors (Lipinski definition) is 3. The van der Waals surface area contributed by atoms with Crippen LogP contribution in [-0.4, -0.2) is 19.1 Å². The van der Waals surface area contributed by atoms with Crippen LogP contribution in [0.5, 0.6) is 11.5 Å². The second-order valence-electron chi connectivity index (χ2n) is 12.9. The fraction of sp³-hybridized carbons (Fsp3) is 0.122. The van der Waals surface area contributed by atoms with Crippen molar-refractivity contribution >= 4 is 33.0 Å². The Bertz CT molecular complexity index is 2520. The summed E-state index contributed by atoms with van der Waals surface area (Å²) in [4.78, 5) is 9.65. The lowest BCUT2D eigenvalue weighted by Crippen LogP contribution is -2.24. The van der Waals surface area contributed by atoms with Gasteiger partial charge < -0.3 is 9.30 Å². The van der Waals surface area contributed by atoms with E-state index in [1.54, 1.807) is 0 Å². The zero-order valence-electron chi connectivity index (χ0n) is 26.3. The number of hydrogen-bond donors (Lipinski definition) is 0. The summed E-state index contributed by atoms with van der Waals surface area (Å²) in [7, 11) is 2.00. The predicted octanol–water partition coefficient (Wildman–Crippen LogP) is 10.2. The van der Waals surface area contributed by atoms with Gasteiger partial charge in [-0.1, -0.05) is 74.5 Å². The number of halogens is 1. The van der Waals surface area contributed by atoms with Gasteiger partial charge in [-0.3, -0.25) is 4.57 Å². The van der Waals surface area contributed by atoms with Crippen molar-refractivity contribution in [3.63, 3.8) is 0 Å². The molecule has 1 unspecified atom stereocenters. The Morgan fingerprint density at radius 1 is 0.702 bits per heavy atom. The third kappa shape index (κ3) is 4.14. The topological polar surface area (TPSA) is 44.9 Å². The molecule has 1 aliphatic heterocycles. The highest BCUT2D eigenvalue weighted by Gasteiger charge is 2.35. The molecule has 1 atom stereocenters. The zero-order valence-corrected chi connectivity index (χ0v) is 26.3. The first-order valence-corrected chi connectivity index (χ1v) is 15.9. The Morgan fingerprint density at radius 2 is 1.49 bits per heavy atom. The van der Waals surface area contributed by atoms with E-state index >= 15 is 4.39 Å². The number of imidazole rings is 1. The van der Waals surface area contributed by atoms with E-state index in [0.29, 0.717) is 11.1 Å². The lowest BCUT2D eigenvalue weighted by Gasteiger charge is -2.34. The first-order valence-electron chi connectivity index (χ1n) is 15.9. The number of aryl methyl sites for hydroxylation is 1.